The second-order valence-corrected chi connectivity index (χ2v) is 8.30. The second-order valence-electron chi connectivity index (χ2n) is 7.89. The normalized spacial score (nSPS) is 11.3. The van der Waals surface area contributed by atoms with Crippen LogP contribution >= 0.6 is 11.6 Å². The van der Waals surface area contributed by atoms with E-state index in [1.165, 1.54) is 0 Å². The summed E-state index contributed by atoms with van der Waals surface area (Å²) in [6, 6.07) is 39.5. The van der Waals surface area contributed by atoms with E-state index in [-0.39, 0.29) is 0 Å². The van der Waals surface area contributed by atoms with Gasteiger partial charge in [0.1, 0.15) is 11.3 Å². The molecule has 0 aliphatic rings. The molecule has 0 N–H and O–H groups in total. The number of fused-ring (bicyclic) bond motifs is 2. The monoisotopic (exact) mass is 430 g/mol. The van der Waals surface area contributed by atoms with Crippen molar-refractivity contribution in [3.05, 3.63) is 120 Å². The fourth-order valence-corrected chi connectivity index (χ4v) is 4.69. The molecule has 0 atom stereocenters. The van der Waals surface area contributed by atoms with Crippen molar-refractivity contribution in [3.63, 3.8) is 0 Å². The Hall–Kier alpha value is -3.81. The maximum atomic E-state index is 6.51. The van der Waals surface area contributed by atoms with Gasteiger partial charge in [-0.2, -0.15) is 0 Å². The highest BCUT2D eigenvalue weighted by molar-refractivity contribution is 6.36. The van der Waals surface area contributed by atoms with Gasteiger partial charge in [0.25, 0.3) is 0 Å². The largest absolute Gasteiger partial charge is 0.455 e. The standard InChI is InChI=1S/C30H19ClO/c31-27-18-17-23(24-13-7-8-14-25(24)27)22-15-16-26-28(19-22)32-30(21-11-5-2-6-12-21)29(26)20-9-3-1-4-10-20/h1-19H. The topological polar surface area (TPSA) is 13.1 Å². The zero-order valence-electron chi connectivity index (χ0n) is 17.3. The number of furan rings is 1. The Labute approximate surface area is 191 Å². The van der Waals surface area contributed by atoms with Crippen LogP contribution in [0.2, 0.25) is 5.02 Å². The molecule has 0 unspecified atom stereocenters. The first kappa shape index (κ1) is 18.9. The lowest BCUT2D eigenvalue weighted by Crippen LogP contribution is -1.83. The van der Waals surface area contributed by atoms with Crippen LogP contribution in [0.4, 0.5) is 0 Å². The lowest BCUT2D eigenvalue weighted by atomic mass is 9.95. The molecule has 0 radical (unpaired) electrons. The van der Waals surface area contributed by atoms with E-state index in [9.17, 15) is 0 Å². The van der Waals surface area contributed by atoms with E-state index in [1.54, 1.807) is 0 Å². The fraction of sp³-hybridized carbons (Fsp3) is 0. The second kappa shape index (κ2) is 7.71. The van der Waals surface area contributed by atoms with Gasteiger partial charge in [0.15, 0.2) is 0 Å². The van der Waals surface area contributed by atoms with Crippen molar-refractivity contribution in [3.8, 4) is 33.6 Å². The molecule has 0 bridgehead atoms. The molecule has 152 valence electrons. The van der Waals surface area contributed by atoms with Crippen LogP contribution < -0.4 is 0 Å². The van der Waals surface area contributed by atoms with Crippen LogP contribution in [0.25, 0.3) is 55.3 Å². The predicted octanol–water partition coefficient (Wildman–Crippen LogP) is 9.24. The maximum absolute atomic E-state index is 6.51. The van der Waals surface area contributed by atoms with Crippen LogP contribution in [0.1, 0.15) is 0 Å². The summed E-state index contributed by atoms with van der Waals surface area (Å²) in [5.41, 5.74) is 6.47. The third-order valence-electron chi connectivity index (χ3n) is 5.97. The number of benzene rings is 5. The molecule has 2 heteroatoms. The Bertz CT molecular complexity index is 1560. The van der Waals surface area contributed by atoms with E-state index in [1.807, 2.05) is 36.4 Å². The van der Waals surface area contributed by atoms with Crippen LogP contribution in [0.3, 0.4) is 0 Å². The molecule has 0 fully saturated rings. The van der Waals surface area contributed by atoms with Crippen molar-refractivity contribution in [1.82, 2.24) is 0 Å². The van der Waals surface area contributed by atoms with Crippen LogP contribution in [0, 0.1) is 0 Å². The van der Waals surface area contributed by atoms with Gasteiger partial charge in [-0.25, -0.2) is 0 Å². The molecule has 6 aromatic rings. The van der Waals surface area contributed by atoms with Gasteiger partial charge in [-0.3, -0.25) is 0 Å². The molecule has 0 spiro atoms. The van der Waals surface area contributed by atoms with E-state index in [0.29, 0.717) is 0 Å². The van der Waals surface area contributed by atoms with Crippen molar-refractivity contribution < 1.29 is 4.42 Å². The molecule has 0 amide bonds. The third kappa shape index (κ3) is 3.10. The van der Waals surface area contributed by atoms with Gasteiger partial charge in [-0.1, -0.05) is 109 Å². The molecule has 1 nitrogen and oxygen atoms in total. The lowest BCUT2D eigenvalue weighted by molar-refractivity contribution is 0.632. The Balaban J connectivity index is 1.61. The summed E-state index contributed by atoms with van der Waals surface area (Å²) in [7, 11) is 0. The molecular weight excluding hydrogens is 412 g/mol. The number of halogens is 1. The average Bonchev–Trinajstić information content (AvgIpc) is 3.24. The number of rotatable bonds is 3. The van der Waals surface area contributed by atoms with Gasteiger partial charge in [-0.15, -0.1) is 0 Å². The zero-order chi connectivity index (χ0) is 21.5. The maximum Gasteiger partial charge on any atom is 0.143 e. The highest BCUT2D eigenvalue weighted by atomic mass is 35.5. The lowest BCUT2D eigenvalue weighted by Gasteiger charge is -2.08. The van der Waals surface area contributed by atoms with E-state index < -0.39 is 0 Å². The van der Waals surface area contributed by atoms with Crippen LogP contribution in [0.5, 0.6) is 0 Å². The first-order chi connectivity index (χ1) is 15.8. The first-order valence-electron chi connectivity index (χ1n) is 10.6. The molecule has 5 aromatic carbocycles. The van der Waals surface area contributed by atoms with Crippen LogP contribution in [0.15, 0.2) is 120 Å². The van der Waals surface area contributed by atoms with Gasteiger partial charge in [-0.05, 0) is 40.3 Å². The summed E-state index contributed by atoms with van der Waals surface area (Å²) in [4.78, 5) is 0. The molecule has 0 aliphatic carbocycles. The van der Waals surface area contributed by atoms with Crippen molar-refractivity contribution >= 4 is 33.3 Å². The van der Waals surface area contributed by atoms with Gasteiger partial charge in [0.2, 0.25) is 0 Å². The summed E-state index contributed by atoms with van der Waals surface area (Å²) >= 11 is 6.45. The quantitative estimate of drug-likeness (QED) is 0.272. The Morgan fingerprint density at radius 2 is 1.16 bits per heavy atom. The van der Waals surface area contributed by atoms with Crippen LogP contribution in [-0.2, 0) is 0 Å². The molecule has 0 saturated carbocycles. The molecule has 32 heavy (non-hydrogen) atoms. The molecule has 0 aliphatic heterocycles. The Kier molecular flexibility index (Phi) is 4.56. The van der Waals surface area contributed by atoms with Crippen molar-refractivity contribution in [1.29, 1.82) is 0 Å². The Morgan fingerprint density at radius 3 is 1.91 bits per heavy atom. The predicted molar refractivity (Wildman–Crippen MR) is 135 cm³/mol. The molecule has 0 saturated heterocycles. The van der Waals surface area contributed by atoms with E-state index >= 15 is 0 Å². The summed E-state index contributed by atoms with van der Waals surface area (Å²) in [6.45, 7) is 0. The number of hydrogen-bond donors (Lipinski definition) is 0. The van der Waals surface area contributed by atoms with Gasteiger partial charge >= 0.3 is 0 Å². The van der Waals surface area contributed by atoms with E-state index in [0.717, 1.165) is 60.3 Å². The highest BCUT2D eigenvalue weighted by Crippen LogP contribution is 2.42. The molecular formula is C30H19ClO. The van der Waals surface area contributed by atoms with Crippen molar-refractivity contribution in [2.45, 2.75) is 0 Å². The van der Waals surface area contributed by atoms with Crippen molar-refractivity contribution in [2.24, 2.45) is 0 Å². The molecule has 1 heterocycles. The van der Waals surface area contributed by atoms with E-state index in [4.69, 9.17) is 16.0 Å². The summed E-state index contributed by atoms with van der Waals surface area (Å²) in [5, 5.41) is 4.07. The smallest absolute Gasteiger partial charge is 0.143 e. The summed E-state index contributed by atoms with van der Waals surface area (Å²) < 4.78 is 6.51. The van der Waals surface area contributed by atoms with Gasteiger partial charge in [0.05, 0.1) is 0 Å². The zero-order valence-corrected chi connectivity index (χ0v) is 18.0. The number of hydrogen-bond acceptors (Lipinski definition) is 1. The molecule has 6 rings (SSSR count). The van der Waals surface area contributed by atoms with Gasteiger partial charge < -0.3 is 4.42 Å². The minimum atomic E-state index is 0.765. The first-order valence-corrected chi connectivity index (χ1v) is 11.0. The SMILES string of the molecule is Clc1ccc(-c2ccc3c(-c4ccccc4)c(-c4ccccc4)oc3c2)c2ccccc12. The average molecular weight is 431 g/mol. The minimum Gasteiger partial charge on any atom is -0.455 e. The fourth-order valence-electron chi connectivity index (χ4n) is 4.46. The summed E-state index contributed by atoms with van der Waals surface area (Å²) in [6.07, 6.45) is 0. The van der Waals surface area contributed by atoms with E-state index in [2.05, 4.69) is 78.9 Å². The van der Waals surface area contributed by atoms with Crippen LogP contribution in [-0.4, -0.2) is 0 Å². The van der Waals surface area contributed by atoms with Crippen molar-refractivity contribution in [2.75, 3.05) is 0 Å². The third-order valence-corrected chi connectivity index (χ3v) is 6.30. The molecule has 1 aromatic heterocycles. The Morgan fingerprint density at radius 1 is 0.500 bits per heavy atom. The minimum absolute atomic E-state index is 0.765. The summed E-state index contributed by atoms with van der Waals surface area (Å²) in [5.74, 6) is 0.893. The van der Waals surface area contributed by atoms with Gasteiger partial charge in [0, 0.05) is 26.9 Å². The highest BCUT2D eigenvalue weighted by Gasteiger charge is 2.18.